The van der Waals surface area contributed by atoms with Crippen LogP contribution in [0.4, 0.5) is 0 Å². The van der Waals surface area contributed by atoms with Gasteiger partial charge in [0.2, 0.25) is 0 Å². The molecular weight excluding hydrogens is 235 g/mol. The second-order valence-electron chi connectivity index (χ2n) is 1.50. The number of Topliss-reactive ketones (excluding diaryl/α,β-unsaturated/α-hetero) is 1. The minimum absolute atomic E-state index is 0.108. The standard InChI is InChI=1S/C5H7IO3/c1-4(7)2-5(8)9-3-6/h2-3H2,1H3. The molecule has 0 saturated carbocycles. The van der Waals surface area contributed by atoms with Gasteiger partial charge in [-0.25, -0.2) is 0 Å². The molecule has 0 radical (unpaired) electrons. The van der Waals surface area contributed by atoms with Crippen LogP contribution in [0.1, 0.15) is 13.3 Å². The van der Waals surface area contributed by atoms with E-state index >= 15 is 0 Å². The molecule has 0 saturated heterocycles. The van der Waals surface area contributed by atoms with Crippen molar-refractivity contribution in [2.45, 2.75) is 13.3 Å². The molecule has 0 amide bonds. The van der Waals surface area contributed by atoms with Gasteiger partial charge in [0.05, 0.1) is 0 Å². The van der Waals surface area contributed by atoms with Crippen LogP contribution < -0.4 is 0 Å². The summed E-state index contributed by atoms with van der Waals surface area (Å²) in [7, 11) is 0. The zero-order valence-electron chi connectivity index (χ0n) is 5.02. The molecule has 0 spiro atoms. The largest absolute Gasteiger partial charge is 0.455 e. The summed E-state index contributed by atoms with van der Waals surface area (Å²) >= 11 is 1.90. The Bertz CT molecular complexity index is 121. The van der Waals surface area contributed by atoms with E-state index in [4.69, 9.17) is 0 Å². The van der Waals surface area contributed by atoms with Crippen LogP contribution in [0.25, 0.3) is 0 Å². The lowest BCUT2D eigenvalue weighted by atomic mass is 10.3. The van der Waals surface area contributed by atoms with Crippen molar-refractivity contribution in [1.29, 1.82) is 0 Å². The fourth-order valence-electron chi connectivity index (χ4n) is 0.315. The van der Waals surface area contributed by atoms with Crippen LogP contribution in [0.5, 0.6) is 0 Å². The lowest BCUT2D eigenvalue weighted by Crippen LogP contribution is -2.07. The first-order chi connectivity index (χ1) is 4.16. The molecule has 0 unspecified atom stereocenters. The molecule has 0 fully saturated rings. The lowest BCUT2D eigenvalue weighted by molar-refractivity contribution is -0.143. The van der Waals surface area contributed by atoms with E-state index < -0.39 is 5.97 Å². The van der Waals surface area contributed by atoms with Crippen molar-refractivity contribution in [1.82, 2.24) is 0 Å². The van der Waals surface area contributed by atoms with Gasteiger partial charge in [-0.05, 0) is 29.5 Å². The SMILES string of the molecule is CC(=O)CC(=O)OCI. The van der Waals surface area contributed by atoms with Crippen LogP contribution in [0.15, 0.2) is 0 Å². The highest BCUT2D eigenvalue weighted by Crippen LogP contribution is 1.90. The number of ketones is 1. The number of carbonyl (C=O) groups is 2. The summed E-state index contributed by atoms with van der Waals surface area (Å²) in [6.45, 7) is 1.36. The van der Waals surface area contributed by atoms with Crippen LogP contribution in [0, 0.1) is 0 Å². The van der Waals surface area contributed by atoms with Gasteiger partial charge in [0.15, 0.2) is 0 Å². The van der Waals surface area contributed by atoms with E-state index in [0.717, 1.165) is 0 Å². The molecule has 0 N–H and O–H groups in total. The Hall–Kier alpha value is -0.130. The number of hydrogen-bond donors (Lipinski definition) is 0. The quantitative estimate of drug-likeness (QED) is 0.319. The fraction of sp³-hybridized carbons (Fsp3) is 0.600. The molecule has 0 aromatic rings. The molecule has 9 heavy (non-hydrogen) atoms. The average Bonchev–Trinajstić information content (AvgIpc) is 1.63. The Labute approximate surface area is 66.9 Å². The molecule has 0 rings (SSSR count). The van der Waals surface area contributed by atoms with E-state index in [9.17, 15) is 9.59 Å². The monoisotopic (exact) mass is 242 g/mol. The molecule has 0 aromatic heterocycles. The Kier molecular flexibility index (Phi) is 4.65. The van der Waals surface area contributed by atoms with E-state index in [-0.39, 0.29) is 12.2 Å². The molecule has 0 aliphatic rings. The zero-order valence-corrected chi connectivity index (χ0v) is 7.17. The Morgan fingerprint density at radius 1 is 1.56 bits per heavy atom. The van der Waals surface area contributed by atoms with Crippen molar-refractivity contribution in [3.8, 4) is 0 Å². The van der Waals surface area contributed by atoms with Gasteiger partial charge in [0, 0.05) is 0 Å². The zero-order chi connectivity index (χ0) is 7.28. The molecule has 3 nitrogen and oxygen atoms in total. The van der Waals surface area contributed by atoms with Gasteiger partial charge in [0.1, 0.15) is 16.8 Å². The van der Waals surface area contributed by atoms with Gasteiger partial charge >= 0.3 is 5.97 Å². The number of ether oxygens (including phenoxy) is 1. The van der Waals surface area contributed by atoms with Gasteiger partial charge in [0.25, 0.3) is 0 Å². The molecule has 0 atom stereocenters. The van der Waals surface area contributed by atoms with Gasteiger partial charge in [-0.3, -0.25) is 9.59 Å². The Balaban J connectivity index is 3.39. The number of rotatable bonds is 3. The predicted molar refractivity (Wildman–Crippen MR) is 40.3 cm³/mol. The molecule has 0 aliphatic heterocycles. The summed E-state index contributed by atoms with van der Waals surface area (Å²) in [5, 5.41) is 0. The van der Waals surface area contributed by atoms with E-state index in [0.29, 0.717) is 4.61 Å². The third-order valence-electron chi connectivity index (χ3n) is 0.609. The van der Waals surface area contributed by atoms with Crippen molar-refractivity contribution in [2.24, 2.45) is 0 Å². The number of hydrogen-bond acceptors (Lipinski definition) is 3. The molecule has 52 valence electrons. The molecule has 0 bridgehead atoms. The third-order valence-corrected chi connectivity index (χ3v) is 0.920. The average molecular weight is 242 g/mol. The topological polar surface area (TPSA) is 43.4 Å². The van der Waals surface area contributed by atoms with Gasteiger partial charge < -0.3 is 4.74 Å². The minimum atomic E-state index is -0.447. The second kappa shape index (κ2) is 4.72. The summed E-state index contributed by atoms with van der Waals surface area (Å²) in [5.41, 5.74) is 0. The fourth-order valence-corrected chi connectivity index (χ4v) is 0.662. The number of alkyl halides is 1. The summed E-state index contributed by atoms with van der Waals surface area (Å²) in [6.07, 6.45) is -0.108. The molecule has 4 heteroatoms. The summed E-state index contributed by atoms with van der Waals surface area (Å²) in [5.74, 6) is -0.609. The highest BCUT2D eigenvalue weighted by Gasteiger charge is 2.03. The number of esters is 1. The van der Waals surface area contributed by atoms with Crippen molar-refractivity contribution in [3.63, 3.8) is 0 Å². The van der Waals surface area contributed by atoms with E-state index in [2.05, 4.69) is 4.74 Å². The van der Waals surface area contributed by atoms with Gasteiger partial charge in [-0.15, -0.1) is 0 Å². The first-order valence-electron chi connectivity index (χ1n) is 2.38. The van der Waals surface area contributed by atoms with Crippen molar-refractivity contribution < 1.29 is 14.3 Å². The number of halogens is 1. The molecular formula is C5H7IO3. The van der Waals surface area contributed by atoms with Crippen LogP contribution in [0.3, 0.4) is 0 Å². The molecule has 0 aromatic carbocycles. The third kappa shape index (κ3) is 5.75. The van der Waals surface area contributed by atoms with Crippen LogP contribution in [0.2, 0.25) is 0 Å². The maximum Gasteiger partial charge on any atom is 0.314 e. The highest BCUT2D eigenvalue weighted by molar-refractivity contribution is 14.1. The number of carbonyl (C=O) groups excluding carboxylic acids is 2. The summed E-state index contributed by atoms with van der Waals surface area (Å²) < 4.78 is 4.79. The van der Waals surface area contributed by atoms with Crippen molar-refractivity contribution >= 4 is 34.3 Å². The summed E-state index contributed by atoms with van der Waals surface area (Å²) in [6, 6.07) is 0. The van der Waals surface area contributed by atoms with E-state index in [1.165, 1.54) is 6.92 Å². The van der Waals surface area contributed by atoms with Crippen molar-refractivity contribution in [3.05, 3.63) is 0 Å². The first-order valence-corrected chi connectivity index (χ1v) is 3.90. The summed E-state index contributed by atoms with van der Waals surface area (Å²) in [4.78, 5) is 20.6. The maximum atomic E-state index is 10.4. The van der Waals surface area contributed by atoms with Crippen LogP contribution in [-0.2, 0) is 14.3 Å². The van der Waals surface area contributed by atoms with Crippen LogP contribution >= 0.6 is 22.6 Å². The highest BCUT2D eigenvalue weighted by atomic mass is 127. The smallest absolute Gasteiger partial charge is 0.314 e. The van der Waals surface area contributed by atoms with Crippen molar-refractivity contribution in [2.75, 3.05) is 4.61 Å². The van der Waals surface area contributed by atoms with E-state index in [1.54, 1.807) is 0 Å². The Morgan fingerprint density at radius 2 is 2.11 bits per heavy atom. The van der Waals surface area contributed by atoms with Crippen LogP contribution in [-0.4, -0.2) is 16.4 Å². The normalized spacial score (nSPS) is 8.67. The molecule has 0 heterocycles. The Morgan fingerprint density at radius 3 is 2.44 bits per heavy atom. The van der Waals surface area contributed by atoms with Gasteiger partial charge in [-0.2, -0.15) is 0 Å². The minimum Gasteiger partial charge on any atom is -0.455 e. The molecule has 0 aliphatic carbocycles. The van der Waals surface area contributed by atoms with E-state index in [1.807, 2.05) is 22.6 Å². The lowest BCUT2D eigenvalue weighted by Gasteiger charge is -1.95. The second-order valence-corrected chi connectivity index (χ2v) is 2.13. The first kappa shape index (κ1) is 8.87. The maximum absolute atomic E-state index is 10.4. The predicted octanol–water partition coefficient (Wildman–Crippen LogP) is 0.901. The van der Waals surface area contributed by atoms with Gasteiger partial charge in [-0.1, -0.05) is 0 Å².